The lowest BCUT2D eigenvalue weighted by molar-refractivity contribution is -0.142. The number of aromatic nitrogens is 3. The van der Waals surface area contributed by atoms with Gasteiger partial charge in [0.15, 0.2) is 5.65 Å². The second-order valence-electron chi connectivity index (χ2n) is 7.40. The van der Waals surface area contributed by atoms with E-state index in [-0.39, 0.29) is 18.5 Å². The number of amides is 1. The fourth-order valence-electron chi connectivity index (χ4n) is 3.13. The predicted molar refractivity (Wildman–Crippen MR) is 106 cm³/mol. The van der Waals surface area contributed by atoms with E-state index < -0.39 is 11.4 Å². The normalized spacial score (nSPS) is 13.5. The highest BCUT2D eigenvalue weighted by molar-refractivity contribution is 5.98. The van der Waals surface area contributed by atoms with E-state index in [2.05, 4.69) is 15.4 Å². The van der Waals surface area contributed by atoms with Crippen LogP contribution in [0.15, 0.2) is 42.6 Å². The van der Waals surface area contributed by atoms with Gasteiger partial charge in [-0.2, -0.15) is 5.10 Å². The molecule has 1 aromatic carbocycles. The highest BCUT2D eigenvalue weighted by Gasteiger charge is 2.35. The van der Waals surface area contributed by atoms with Crippen molar-refractivity contribution in [1.29, 1.82) is 0 Å². The molecule has 28 heavy (non-hydrogen) atoms. The van der Waals surface area contributed by atoms with Gasteiger partial charge in [-0.25, -0.2) is 9.67 Å². The van der Waals surface area contributed by atoms with Crippen LogP contribution in [0.4, 0.5) is 0 Å². The molecule has 0 aliphatic rings. The van der Waals surface area contributed by atoms with Crippen molar-refractivity contribution in [2.45, 2.75) is 39.2 Å². The zero-order chi connectivity index (χ0) is 20.5. The number of aliphatic carboxylic acids is 1. The maximum absolute atomic E-state index is 12.8. The largest absolute Gasteiger partial charge is 0.481 e. The Bertz CT molecular complexity index is 1030. The number of carboxylic acid groups (broad SMARTS) is 1. The summed E-state index contributed by atoms with van der Waals surface area (Å²) in [5.41, 5.74) is 1.11. The summed E-state index contributed by atoms with van der Waals surface area (Å²) in [6, 6.07) is 10.8. The highest BCUT2D eigenvalue weighted by atomic mass is 16.4. The van der Waals surface area contributed by atoms with Crippen LogP contribution in [0.2, 0.25) is 0 Å². The van der Waals surface area contributed by atoms with Crippen LogP contribution in [0.3, 0.4) is 0 Å². The van der Waals surface area contributed by atoms with Crippen molar-refractivity contribution in [1.82, 2.24) is 20.1 Å². The number of carbonyl (C=O) groups excluding carboxylic acids is 1. The van der Waals surface area contributed by atoms with Crippen LogP contribution >= 0.6 is 0 Å². The minimum atomic E-state index is -1.23. The summed E-state index contributed by atoms with van der Waals surface area (Å²) in [5, 5.41) is 17.6. The topological polar surface area (TPSA) is 97.1 Å². The van der Waals surface area contributed by atoms with Crippen LogP contribution in [-0.2, 0) is 10.2 Å². The summed E-state index contributed by atoms with van der Waals surface area (Å²) in [6.07, 6.45) is 1.68. The minimum absolute atomic E-state index is 0.0338. The van der Waals surface area contributed by atoms with Crippen molar-refractivity contribution in [2.75, 3.05) is 6.54 Å². The van der Waals surface area contributed by atoms with Gasteiger partial charge in [-0.15, -0.1) is 0 Å². The molecule has 1 amide bonds. The molecule has 0 aliphatic heterocycles. The quantitative estimate of drug-likeness (QED) is 0.685. The number of hydrogen-bond donors (Lipinski definition) is 2. The summed E-state index contributed by atoms with van der Waals surface area (Å²) in [5.74, 6) is -1.35. The van der Waals surface area contributed by atoms with Gasteiger partial charge in [0.2, 0.25) is 0 Å². The zero-order valence-electron chi connectivity index (χ0n) is 16.4. The SMILES string of the molecule is Cc1nc2c(cnn2C(C)C)cc1C(=O)NCC(C)(C(=O)O)c1ccccc1. The molecule has 1 atom stereocenters. The molecule has 3 rings (SSSR count). The third-order valence-corrected chi connectivity index (χ3v) is 4.98. The molecule has 1 unspecified atom stereocenters. The predicted octanol–water partition coefficient (Wildman–Crippen LogP) is 3.09. The summed E-state index contributed by atoms with van der Waals surface area (Å²) in [4.78, 5) is 29.2. The van der Waals surface area contributed by atoms with E-state index in [1.54, 1.807) is 55.1 Å². The van der Waals surface area contributed by atoms with Gasteiger partial charge >= 0.3 is 5.97 Å². The molecule has 146 valence electrons. The third-order valence-electron chi connectivity index (χ3n) is 4.98. The Morgan fingerprint density at radius 3 is 2.54 bits per heavy atom. The first-order valence-corrected chi connectivity index (χ1v) is 9.16. The van der Waals surface area contributed by atoms with Gasteiger partial charge in [0.05, 0.1) is 17.5 Å². The molecule has 2 heterocycles. The van der Waals surface area contributed by atoms with Crippen molar-refractivity contribution >= 4 is 22.9 Å². The molecule has 2 aromatic heterocycles. The maximum atomic E-state index is 12.8. The molecule has 0 spiro atoms. The lowest BCUT2D eigenvalue weighted by atomic mass is 9.82. The standard InChI is InChI=1S/C21H24N4O3/c1-13(2)25-18-15(11-23-25)10-17(14(3)24-18)19(26)22-12-21(4,20(27)28)16-8-6-5-7-9-16/h5-11,13H,12H2,1-4H3,(H,22,26)(H,27,28). The van der Waals surface area contributed by atoms with Crippen molar-refractivity contribution < 1.29 is 14.7 Å². The lowest BCUT2D eigenvalue weighted by Gasteiger charge is -2.25. The maximum Gasteiger partial charge on any atom is 0.315 e. The second kappa shape index (κ2) is 7.42. The highest BCUT2D eigenvalue weighted by Crippen LogP contribution is 2.24. The first-order valence-electron chi connectivity index (χ1n) is 9.16. The van der Waals surface area contributed by atoms with Crippen molar-refractivity contribution in [3.05, 3.63) is 59.4 Å². The van der Waals surface area contributed by atoms with Gasteiger partial charge in [-0.05, 0) is 39.3 Å². The van der Waals surface area contributed by atoms with Crippen LogP contribution in [-0.4, -0.2) is 38.3 Å². The van der Waals surface area contributed by atoms with Crippen LogP contribution in [0, 0.1) is 6.92 Å². The molecule has 0 aliphatic carbocycles. The van der Waals surface area contributed by atoms with Gasteiger partial charge < -0.3 is 10.4 Å². The first-order chi connectivity index (χ1) is 13.2. The average molecular weight is 380 g/mol. The minimum Gasteiger partial charge on any atom is -0.481 e. The first kappa shape index (κ1) is 19.5. The average Bonchev–Trinajstić information content (AvgIpc) is 3.08. The molecule has 0 fully saturated rings. The Hall–Kier alpha value is -3.22. The molecule has 3 aromatic rings. The van der Waals surface area contributed by atoms with Gasteiger partial charge in [-0.1, -0.05) is 30.3 Å². The molecule has 2 N–H and O–H groups in total. The Kier molecular flexibility index (Phi) is 5.18. The molecule has 0 saturated heterocycles. The number of benzene rings is 1. The number of hydrogen-bond acceptors (Lipinski definition) is 4. The molecule has 0 bridgehead atoms. The van der Waals surface area contributed by atoms with E-state index in [4.69, 9.17) is 0 Å². The summed E-state index contributed by atoms with van der Waals surface area (Å²) >= 11 is 0. The van der Waals surface area contributed by atoms with E-state index in [1.165, 1.54) is 0 Å². The number of carbonyl (C=O) groups is 2. The van der Waals surface area contributed by atoms with Crippen molar-refractivity contribution in [2.24, 2.45) is 0 Å². The smallest absolute Gasteiger partial charge is 0.315 e. The number of fused-ring (bicyclic) bond motifs is 1. The van der Waals surface area contributed by atoms with Crippen LogP contribution < -0.4 is 5.32 Å². The van der Waals surface area contributed by atoms with E-state index in [0.29, 0.717) is 16.8 Å². The monoisotopic (exact) mass is 380 g/mol. The van der Waals surface area contributed by atoms with E-state index in [9.17, 15) is 14.7 Å². The molecule has 0 radical (unpaired) electrons. The Balaban J connectivity index is 1.86. The van der Waals surface area contributed by atoms with E-state index >= 15 is 0 Å². The Morgan fingerprint density at radius 1 is 1.25 bits per heavy atom. The fourth-order valence-corrected chi connectivity index (χ4v) is 3.13. The van der Waals surface area contributed by atoms with Crippen LogP contribution in [0.1, 0.15) is 48.4 Å². The number of nitrogens with zero attached hydrogens (tertiary/aromatic N) is 3. The summed E-state index contributed by atoms with van der Waals surface area (Å²) < 4.78 is 1.81. The summed E-state index contributed by atoms with van der Waals surface area (Å²) in [7, 11) is 0. The van der Waals surface area contributed by atoms with Gasteiger partial charge in [0, 0.05) is 18.0 Å². The van der Waals surface area contributed by atoms with E-state index in [1.807, 2.05) is 19.9 Å². The third kappa shape index (κ3) is 3.47. The summed E-state index contributed by atoms with van der Waals surface area (Å²) in [6.45, 7) is 7.36. The van der Waals surface area contributed by atoms with Crippen LogP contribution in [0.25, 0.3) is 11.0 Å². The second-order valence-corrected chi connectivity index (χ2v) is 7.40. The fraction of sp³-hybridized carbons (Fsp3) is 0.333. The number of rotatable bonds is 6. The number of pyridine rings is 1. The molecular formula is C21H24N4O3. The lowest BCUT2D eigenvalue weighted by Crippen LogP contribution is -2.44. The van der Waals surface area contributed by atoms with Crippen molar-refractivity contribution in [3.8, 4) is 0 Å². The molecule has 7 nitrogen and oxygen atoms in total. The number of carboxylic acids is 1. The molecular weight excluding hydrogens is 356 g/mol. The number of aryl methyl sites for hydroxylation is 1. The molecule has 0 saturated carbocycles. The van der Waals surface area contributed by atoms with Crippen LogP contribution in [0.5, 0.6) is 0 Å². The van der Waals surface area contributed by atoms with Gasteiger partial charge in [-0.3, -0.25) is 9.59 Å². The van der Waals surface area contributed by atoms with Crippen molar-refractivity contribution in [3.63, 3.8) is 0 Å². The van der Waals surface area contributed by atoms with E-state index in [0.717, 1.165) is 11.0 Å². The number of nitrogens with one attached hydrogen (secondary N) is 1. The zero-order valence-corrected chi connectivity index (χ0v) is 16.4. The van der Waals surface area contributed by atoms with Gasteiger partial charge in [0.25, 0.3) is 5.91 Å². The van der Waals surface area contributed by atoms with Gasteiger partial charge in [0.1, 0.15) is 5.41 Å². The Labute approximate surface area is 163 Å². The Morgan fingerprint density at radius 2 is 1.93 bits per heavy atom. The molecule has 7 heteroatoms.